The number of hydrogen-bond donors (Lipinski definition) is 3. The predicted molar refractivity (Wildman–Crippen MR) is 203 cm³/mol. The molecule has 0 saturated carbocycles. The van der Waals surface area contributed by atoms with Crippen molar-refractivity contribution in [2.24, 2.45) is 13.0 Å². The van der Waals surface area contributed by atoms with E-state index in [1.165, 1.54) is 0 Å². The molecule has 4 aliphatic heterocycles. The van der Waals surface area contributed by atoms with E-state index in [9.17, 15) is 19.5 Å². The average molecular weight is 728 g/mol. The molecule has 0 radical (unpaired) electrons. The number of anilines is 2. The maximum absolute atomic E-state index is 12.5. The maximum Gasteiger partial charge on any atom is 0.253 e. The largest absolute Gasteiger partial charge is 0.496 e. The maximum atomic E-state index is 12.5. The van der Waals surface area contributed by atoms with Crippen LogP contribution >= 0.6 is 0 Å². The quantitative estimate of drug-likeness (QED) is 0.250. The molecule has 6 heterocycles. The Hall–Kier alpha value is -4.46. The van der Waals surface area contributed by atoms with Crippen LogP contribution in [0.15, 0.2) is 41.5 Å². The second kappa shape index (κ2) is 15.5. The van der Waals surface area contributed by atoms with E-state index >= 15 is 0 Å². The number of fused-ring (bicyclic) bond motifs is 2. The molecule has 3 aromatic rings. The zero-order chi connectivity index (χ0) is 37.4. The van der Waals surface area contributed by atoms with Crippen LogP contribution in [0.5, 0.6) is 11.5 Å². The van der Waals surface area contributed by atoms with Gasteiger partial charge in [0.25, 0.3) is 5.56 Å². The lowest BCUT2D eigenvalue weighted by molar-refractivity contribution is -0.133. The van der Waals surface area contributed by atoms with Crippen molar-refractivity contribution in [3.8, 4) is 22.6 Å². The van der Waals surface area contributed by atoms with E-state index in [1.807, 2.05) is 38.4 Å². The third-order valence-electron chi connectivity index (χ3n) is 12.1. The van der Waals surface area contributed by atoms with Gasteiger partial charge in [-0.15, -0.1) is 0 Å². The van der Waals surface area contributed by atoms with Gasteiger partial charge in [-0.2, -0.15) is 0 Å². The van der Waals surface area contributed by atoms with Gasteiger partial charge < -0.3 is 29.4 Å². The van der Waals surface area contributed by atoms with E-state index in [0.29, 0.717) is 43.2 Å². The zero-order valence-corrected chi connectivity index (χ0v) is 31.6. The Labute approximate surface area is 311 Å². The summed E-state index contributed by atoms with van der Waals surface area (Å²) in [5, 5.41) is 17.0. The first-order valence-corrected chi connectivity index (χ1v) is 18.9. The summed E-state index contributed by atoms with van der Waals surface area (Å²) in [7, 11) is 5.18. The van der Waals surface area contributed by atoms with E-state index in [2.05, 4.69) is 42.5 Å². The standard InChI is InChI=1S/C40H53N7O6/c1-24-25(2)40(51)44(3)22-31(24)27-17-34(52-4)32(35(18-27)53-5)23-47-29-6-7-30(47)21-46(20-29)38(49)16-26-12-14-45(15-13-26)28-8-10-36(41-19-28)42-33-9-11-37(48)43-39(33)50/h8,10,17-19,22,26,29-30,33,38,49H,6-7,9,11-16,20-21,23H2,1-5H3,(H,41,42)(H,43,48,50). The average Bonchev–Trinajstić information content (AvgIpc) is 3.38. The topological polar surface area (TPSA) is 142 Å². The molecule has 53 heavy (non-hydrogen) atoms. The number of aromatic nitrogens is 2. The van der Waals surface area contributed by atoms with E-state index in [0.717, 1.165) is 103 Å². The number of hydrogen-bond acceptors (Lipinski definition) is 11. The van der Waals surface area contributed by atoms with Gasteiger partial charge in [0.15, 0.2) is 0 Å². The normalized spacial score (nSPS) is 23.2. The highest BCUT2D eigenvalue weighted by molar-refractivity contribution is 6.01. The van der Waals surface area contributed by atoms with Gasteiger partial charge in [-0.25, -0.2) is 4.98 Å². The zero-order valence-electron chi connectivity index (χ0n) is 31.6. The molecule has 4 fully saturated rings. The summed E-state index contributed by atoms with van der Waals surface area (Å²) in [6.45, 7) is 8.04. The number of amides is 2. The molecule has 13 nitrogen and oxygen atoms in total. The van der Waals surface area contributed by atoms with Gasteiger partial charge in [-0.05, 0) is 93.7 Å². The molecule has 4 unspecified atom stereocenters. The van der Waals surface area contributed by atoms with Gasteiger partial charge in [0.2, 0.25) is 11.8 Å². The molecule has 4 atom stereocenters. The van der Waals surface area contributed by atoms with Crippen molar-refractivity contribution in [2.75, 3.05) is 50.6 Å². The molecule has 7 rings (SSSR count). The van der Waals surface area contributed by atoms with Crippen LogP contribution in [0.25, 0.3) is 11.1 Å². The number of nitrogens with zero attached hydrogens (tertiary/aromatic N) is 5. The third kappa shape index (κ3) is 7.65. The van der Waals surface area contributed by atoms with E-state index < -0.39 is 12.3 Å². The predicted octanol–water partition coefficient (Wildman–Crippen LogP) is 3.57. The lowest BCUT2D eigenvalue weighted by Gasteiger charge is -2.44. The van der Waals surface area contributed by atoms with Crippen molar-refractivity contribution in [1.82, 2.24) is 24.7 Å². The summed E-state index contributed by atoms with van der Waals surface area (Å²) in [6.07, 6.45) is 9.03. The molecule has 2 amide bonds. The SMILES string of the molecule is COc1cc(-c2cn(C)c(=O)c(C)c2C)cc(OC)c1CN1C2CCC1CN(C(O)CC1CCN(c3ccc(NC4CCC(=O)NC4=O)nc3)CC1)C2. The minimum atomic E-state index is -0.465. The van der Waals surface area contributed by atoms with Crippen LogP contribution in [0.4, 0.5) is 11.5 Å². The first-order chi connectivity index (χ1) is 25.5. The van der Waals surface area contributed by atoms with Gasteiger partial charge in [0.1, 0.15) is 29.6 Å². The van der Waals surface area contributed by atoms with Crippen LogP contribution in [0, 0.1) is 19.8 Å². The molecule has 3 N–H and O–H groups in total. The van der Waals surface area contributed by atoms with Crippen LogP contribution in [0.1, 0.15) is 61.6 Å². The number of aryl methyl sites for hydroxylation is 1. The number of rotatable bonds is 11. The van der Waals surface area contributed by atoms with Gasteiger partial charge in [-0.1, -0.05) is 0 Å². The summed E-state index contributed by atoms with van der Waals surface area (Å²) in [4.78, 5) is 47.8. The van der Waals surface area contributed by atoms with Crippen LogP contribution < -0.4 is 30.6 Å². The number of piperazine rings is 1. The van der Waals surface area contributed by atoms with E-state index in [1.54, 1.807) is 25.8 Å². The number of aliphatic hydroxyl groups is 1. The minimum absolute atomic E-state index is 0.00645. The molecule has 4 saturated heterocycles. The highest BCUT2D eigenvalue weighted by Crippen LogP contribution is 2.41. The summed E-state index contributed by atoms with van der Waals surface area (Å²) >= 11 is 0. The second-order valence-electron chi connectivity index (χ2n) is 15.3. The van der Waals surface area contributed by atoms with Crippen molar-refractivity contribution >= 4 is 23.3 Å². The number of carbonyl (C=O) groups excluding carboxylic acids is 2. The summed E-state index contributed by atoms with van der Waals surface area (Å²) in [5.74, 6) is 2.08. The van der Waals surface area contributed by atoms with Gasteiger partial charge >= 0.3 is 0 Å². The van der Waals surface area contributed by atoms with Crippen molar-refractivity contribution in [1.29, 1.82) is 0 Å². The fourth-order valence-corrected chi connectivity index (χ4v) is 8.81. The van der Waals surface area contributed by atoms with Crippen LogP contribution in [0.3, 0.4) is 0 Å². The van der Waals surface area contributed by atoms with Gasteiger partial charge in [0.05, 0.1) is 31.7 Å². The first-order valence-electron chi connectivity index (χ1n) is 18.9. The Kier molecular flexibility index (Phi) is 10.8. The number of aliphatic hydroxyl groups excluding tert-OH is 1. The number of piperidine rings is 2. The Bertz CT molecular complexity index is 1850. The Morgan fingerprint density at radius 3 is 2.25 bits per heavy atom. The van der Waals surface area contributed by atoms with Crippen LogP contribution in [0.2, 0.25) is 0 Å². The molecule has 4 aliphatic rings. The molecule has 13 heteroatoms. The molecule has 0 aliphatic carbocycles. The highest BCUT2D eigenvalue weighted by atomic mass is 16.5. The second-order valence-corrected chi connectivity index (χ2v) is 15.3. The van der Waals surface area contributed by atoms with Gasteiger partial charge in [-0.3, -0.25) is 29.5 Å². The number of pyridine rings is 2. The summed E-state index contributed by atoms with van der Waals surface area (Å²) in [6, 6.07) is 8.27. The smallest absolute Gasteiger partial charge is 0.253 e. The Morgan fingerprint density at radius 1 is 0.962 bits per heavy atom. The molecule has 2 aromatic heterocycles. The molecular formula is C40H53N7O6. The third-order valence-corrected chi connectivity index (χ3v) is 12.1. The monoisotopic (exact) mass is 727 g/mol. The van der Waals surface area contributed by atoms with Crippen molar-refractivity contribution in [2.45, 2.75) is 89.7 Å². The first kappa shape index (κ1) is 36.9. The lowest BCUT2D eigenvalue weighted by Crippen LogP contribution is -2.56. The van der Waals surface area contributed by atoms with Crippen LogP contribution in [-0.2, 0) is 23.2 Å². The van der Waals surface area contributed by atoms with Crippen LogP contribution in [-0.4, -0.2) is 101 Å². The number of benzene rings is 1. The van der Waals surface area contributed by atoms with Gasteiger partial charge in [0, 0.05) is 75.6 Å². The van der Waals surface area contributed by atoms with E-state index in [-0.39, 0.29) is 17.4 Å². The fourth-order valence-electron chi connectivity index (χ4n) is 8.81. The number of ether oxygens (including phenoxy) is 2. The minimum Gasteiger partial charge on any atom is -0.496 e. The van der Waals surface area contributed by atoms with Crippen molar-refractivity contribution < 1.29 is 24.2 Å². The van der Waals surface area contributed by atoms with Crippen molar-refractivity contribution in [3.63, 3.8) is 0 Å². The summed E-state index contributed by atoms with van der Waals surface area (Å²) < 4.78 is 13.6. The summed E-state index contributed by atoms with van der Waals surface area (Å²) in [5.41, 5.74) is 5.69. The fraction of sp³-hybridized carbons (Fsp3) is 0.550. The highest BCUT2D eigenvalue weighted by Gasteiger charge is 2.42. The molecule has 2 bridgehead atoms. The lowest BCUT2D eigenvalue weighted by atomic mass is 9.92. The number of carbonyl (C=O) groups is 2. The molecule has 284 valence electrons. The number of imide groups is 1. The number of likely N-dealkylation sites (tertiary alicyclic amines) is 1. The Balaban J connectivity index is 0.933. The molecule has 0 spiro atoms. The number of methoxy groups -OCH3 is 2. The van der Waals surface area contributed by atoms with Crippen molar-refractivity contribution in [3.05, 3.63) is 63.7 Å². The Morgan fingerprint density at radius 2 is 1.64 bits per heavy atom. The number of nitrogens with one attached hydrogen (secondary N) is 2. The molecular weight excluding hydrogens is 674 g/mol. The van der Waals surface area contributed by atoms with E-state index in [4.69, 9.17) is 9.47 Å². The molecule has 1 aromatic carbocycles.